The van der Waals surface area contributed by atoms with Crippen molar-refractivity contribution >= 4 is 15.9 Å². The predicted octanol–water partition coefficient (Wildman–Crippen LogP) is 2.02. The molecule has 1 amide bonds. The van der Waals surface area contributed by atoms with E-state index in [0.29, 0.717) is 23.7 Å². The molecule has 2 heterocycles. The van der Waals surface area contributed by atoms with E-state index in [0.717, 1.165) is 0 Å². The average molecular weight is 394 g/mol. The monoisotopic (exact) mass is 394 g/mol. The Labute approximate surface area is 157 Å². The molecule has 0 fully saturated rings. The van der Waals surface area contributed by atoms with Gasteiger partial charge in [-0.15, -0.1) is 0 Å². The molecule has 1 atom stereocenters. The fourth-order valence-electron chi connectivity index (χ4n) is 2.69. The van der Waals surface area contributed by atoms with Crippen molar-refractivity contribution in [2.24, 2.45) is 5.92 Å². The van der Waals surface area contributed by atoms with Crippen molar-refractivity contribution in [2.45, 2.75) is 37.8 Å². The largest absolute Gasteiger partial charge is 0.467 e. The molecule has 0 bridgehead atoms. The minimum absolute atomic E-state index is 0.0133. The topological polar surface area (TPSA) is 107 Å². The minimum Gasteiger partial charge on any atom is -0.467 e. The third kappa shape index (κ3) is 4.81. The number of furan rings is 1. The number of fused-ring (bicyclic) bond motifs is 1. The van der Waals surface area contributed by atoms with Crippen LogP contribution in [0.1, 0.15) is 26.0 Å². The summed E-state index contributed by atoms with van der Waals surface area (Å²) in [6.07, 6.45) is 1.86. The van der Waals surface area contributed by atoms with Gasteiger partial charge in [-0.1, -0.05) is 13.8 Å². The van der Waals surface area contributed by atoms with E-state index in [4.69, 9.17) is 13.9 Å². The number of hydrogen-bond acceptors (Lipinski definition) is 6. The SMILES string of the molecule is CC(C)C[C@H](NS(=O)(=O)c1ccc2c(c1)OCO2)C(=O)NCc1ccco1. The number of ether oxygens (including phenoxy) is 2. The first-order valence-corrected chi connectivity index (χ1v) is 10.1. The van der Waals surface area contributed by atoms with Gasteiger partial charge >= 0.3 is 0 Å². The first kappa shape index (κ1) is 19.2. The van der Waals surface area contributed by atoms with E-state index in [1.807, 2.05) is 13.8 Å². The Morgan fingerprint density at radius 3 is 2.67 bits per heavy atom. The Hall–Kier alpha value is -2.52. The fraction of sp³-hybridized carbons (Fsp3) is 0.389. The molecule has 0 aliphatic carbocycles. The van der Waals surface area contributed by atoms with Crippen LogP contribution in [0, 0.1) is 5.92 Å². The fourth-order valence-corrected chi connectivity index (χ4v) is 3.91. The number of sulfonamides is 1. The van der Waals surface area contributed by atoms with Gasteiger partial charge in [0.1, 0.15) is 11.8 Å². The van der Waals surface area contributed by atoms with E-state index in [2.05, 4.69) is 10.0 Å². The summed E-state index contributed by atoms with van der Waals surface area (Å²) < 4.78 is 43.6. The van der Waals surface area contributed by atoms with Crippen molar-refractivity contribution in [3.05, 3.63) is 42.4 Å². The highest BCUT2D eigenvalue weighted by molar-refractivity contribution is 7.89. The molecular formula is C18H22N2O6S. The van der Waals surface area contributed by atoms with Crippen molar-refractivity contribution < 1.29 is 27.1 Å². The van der Waals surface area contributed by atoms with E-state index < -0.39 is 22.0 Å². The van der Waals surface area contributed by atoms with Gasteiger partial charge < -0.3 is 19.2 Å². The van der Waals surface area contributed by atoms with Crippen molar-refractivity contribution in [2.75, 3.05) is 6.79 Å². The number of nitrogens with one attached hydrogen (secondary N) is 2. The van der Waals surface area contributed by atoms with Gasteiger partial charge in [0.15, 0.2) is 11.5 Å². The number of carbonyl (C=O) groups is 1. The van der Waals surface area contributed by atoms with Crippen LogP contribution in [0.4, 0.5) is 0 Å². The van der Waals surface area contributed by atoms with Crippen molar-refractivity contribution in [3.8, 4) is 11.5 Å². The second-order valence-corrected chi connectivity index (χ2v) is 8.33. The summed E-state index contributed by atoms with van der Waals surface area (Å²) in [5, 5.41) is 2.70. The zero-order valence-electron chi connectivity index (χ0n) is 15.1. The average Bonchev–Trinajstić information content (AvgIpc) is 3.29. The number of benzene rings is 1. The second kappa shape index (κ2) is 8.01. The maximum Gasteiger partial charge on any atom is 0.241 e. The van der Waals surface area contributed by atoms with Gasteiger partial charge in [-0.25, -0.2) is 8.42 Å². The first-order chi connectivity index (χ1) is 12.8. The molecule has 1 aromatic carbocycles. The third-order valence-corrected chi connectivity index (χ3v) is 5.46. The van der Waals surface area contributed by atoms with E-state index in [9.17, 15) is 13.2 Å². The Bertz CT molecular complexity index is 893. The van der Waals surface area contributed by atoms with Crippen LogP contribution in [0.3, 0.4) is 0 Å². The molecule has 2 N–H and O–H groups in total. The Kier molecular flexibility index (Phi) is 5.71. The molecule has 1 aromatic heterocycles. The molecule has 0 saturated heterocycles. The molecular weight excluding hydrogens is 372 g/mol. The van der Waals surface area contributed by atoms with Crippen molar-refractivity contribution in [1.82, 2.24) is 10.0 Å². The normalized spacial score (nSPS) is 14.3. The molecule has 27 heavy (non-hydrogen) atoms. The summed E-state index contributed by atoms with van der Waals surface area (Å²) in [6, 6.07) is 6.88. The van der Waals surface area contributed by atoms with E-state index >= 15 is 0 Å². The summed E-state index contributed by atoms with van der Waals surface area (Å²) >= 11 is 0. The van der Waals surface area contributed by atoms with Crippen LogP contribution < -0.4 is 19.5 Å². The van der Waals surface area contributed by atoms with Gasteiger partial charge in [0.25, 0.3) is 0 Å². The smallest absolute Gasteiger partial charge is 0.241 e. The van der Waals surface area contributed by atoms with Crippen LogP contribution in [0.5, 0.6) is 11.5 Å². The van der Waals surface area contributed by atoms with Gasteiger partial charge in [-0.3, -0.25) is 4.79 Å². The van der Waals surface area contributed by atoms with Crippen LogP contribution in [0.15, 0.2) is 45.9 Å². The maximum absolute atomic E-state index is 12.8. The van der Waals surface area contributed by atoms with Crippen LogP contribution in [0.25, 0.3) is 0 Å². The molecule has 146 valence electrons. The van der Waals surface area contributed by atoms with Gasteiger partial charge in [-0.2, -0.15) is 4.72 Å². The lowest BCUT2D eigenvalue weighted by molar-refractivity contribution is -0.123. The highest BCUT2D eigenvalue weighted by atomic mass is 32.2. The van der Waals surface area contributed by atoms with Crippen molar-refractivity contribution in [3.63, 3.8) is 0 Å². The van der Waals surface area contributed by atoms with E-state index in [1.165, 1.54) is 24.5 Å². The van der Waals surface area contributed by atoms with Crippen molar-refractivity contribution in [1.29, 1.82) is 0 Å². The summed E-state index contributed by atoms with van der Waals surface area (Å²) in [5.41, 5.74) is 0. The summed E-state index contributed by atoms with van der Waals surface area (Å²) in [4.78, 5) is 12.6. The summed E-state index contributed by atoms with van der Waals surface area (Å²) in [6.45, 7) is 4.08. The van der Waals surface area contributed by atoms with Crippen LogP contribution in [-0.4, -0.2) is 27.2 Å². The Morgan fingerprint density at radius 2 is 1.96 bits per heavy atom. The molecule has 1 aliphatic rings. The van der Waals surface area contributed by atoms with Gasteiger partial charge in [0.2, 0.25) is 22.7 Å². The molecule has 9 heteroatoms. The number of amides is 1. The molecule has 0 radical (unpaired) electrons. The highest BCUT2D eigenvalue weighted by Gasteiger charge is 2.28. The number of hydrogen-bond donors (Lipinski definition) is 2. The summed E-state index contributed by atoms with van der Waals surface area (Å²) in [5.74, 6) is 1.14. The lowest BCUT2D eigenvalue weighted by Gasteiger charge is -2.20. The van der Waals surface area contributed by atoms with Gasteiger partial charge in [0, 0.05) is 6.07 Å². The first-order valence-electron chi connectivity index (χ1n) is 8.57. The van der Waals surface area contributed by atoms with E-state index in [-0.39, 0.29) is 24.2 Å². The maximum atomic E-state index is 12.8. The Balaban J connectivity index is 1.73. The van der Waals surface area contributed by atoms with E-state index in [1.54, 1.807) is 12.1 Å². The molecule has 0 saturated carbocycles. The van der Waals surface area contributed by atoms with Gasteiger partial charge in [0.05, 0.1) is 17.7 Å². The lowest BCUT2D eigenvalue weighted by atomic mass is 10.0. The predicted molar refractivity (Wildman–Crippen MR) is 96.7 cm³/mol. The lowest BCUT2D eigenvalue weighted by Crippen LogP contribution is -2.47. The van der Waals surface area contributed by atoms with Crippen LogP contribution >= 0.6 is 0 Å². The second-order valence-electron chi connectivity index (χ2n) is 6.62. The third-order valence-electron chi connectivity index (χ3n) is 3.99. The molecule has 0 spiro atoms. The molecule has 2 aromatic rings. The Morgan fingerprint density at radius 1 is 1.19 bits per heavy atom. The van der Waals surface area contributed by atoms with Gasteiger partial charge in [-0.05, 0) is 36.6 Å². The number of rotatable bonds is 8. The zero-order chi connectivity index (χ0) is 19.4. The zero-order valence-corrected chi connectivity index (χ0v) is 15.9. The minimum atomic E-state index is -3.91. The number of carbonyl (C=O) groups excluding carboxylic acids is 1. The quantitative estimate of drug-likeness (QED) is 0.709. The summed E-state index contributed by atoms with van der Waals surface area (Å²) in [7, 11) is -3.91. The molecule has 8 nitrogen and oxygen atoms in total. The van der Waals surface area contributed by atoms with Crippen LogP contribution in [-0.2, 0) is 21.4 Å². The molecule has 3 rings (SSSR count). The standard InChI is InChI=1S/C18H22N2O6S/c1-12(2)8-15(18(21)19-10-13-4-3-7-24-13)20-27(22,23)14-5-6-16-17(9-14)26-11-25-16/h3-7,9,12,15,20H,8,10-11H2,1-2H3,(H,19,21)/t15-/m0/s1. The van der Waals surface area contributed by atoms with Crippen LogP contribution in [0.2, 0.25) is 0 Å². The molecule has 1 aliphatic heterocycles. The highest BCUT2D eigenvalue weighted by Crippen LogP contribution is 2.33. The molecule has 0 unspecified atom stereocenters.